The summed E-state index contributed by atoms with van der Waals surface area (Å²) in [6.45, 7) is 5.13. The number of hydrogen-bond acceptors (Lipinski definition) is 3. The third-order valence-corrected chi connectivity index (χ3v) is 3.07. The minimum atomic E-state index is 0.00484. The van der Waals surface area contributed by atoms with Crippen molar-refractivity contribution in [1.29, 1.82) is 0 Å². The molecule has 0 aliphatic rings. The van der Waals surface area contributed by atoms with Gasteiger partial charge in [0, 0.05) is 11.7 Å². The minimum absolute atomic E-state index is 0.00484. The smallest absolute Gasteiger partial charge is 0.238 e. The molecule has 0 fully saturated rings. The van der Waals surface area contributed by atoms with E-state index in [1.165, 1.54) is 5.56 Å². The van der Waals surface area contributed by atoms with Gasteiger partial charge < -0.3 is 11.1 Å². The molecule has 0 spiro atoms. The molecule has 1 unspecified atom stereocenters. The number of carbonyl (C=O) groups excluding carboxylic acids is 1. The molecule has 1 aromatic carbocycles. The standard InChI is InChI=1S/C14H23N3O/c1-11-4-6-13(7-5-11)16-14(18)10-17(3)12(2)8-9-15/h4-7,12H,8-10,15H2,1-3H3,(H,16,18). The summed E-state index contributed by atoms with van der Waals surface area (Å²) in [4.78, 5) is 13.8. The second-order valence-electron chi connectivity index (χ2n) is 4.76. The Hall–Kier alpha value is -1.39. The van der Waals surface area contributed by atoms with Crippen molar-refractivity contribution >= 4 is 11.6 Å². The van der Waals surface area contributed by atoms with Crippen LogP contribution in [0, 0.1) is 6.92 Å². The van der Waals surface area contributed by atoms with Gasteiger partial charge in [0.25, 0.3) is 0 Å². The van der Waals surface area contributed by atoms with Gasteiger partial charge in [0.05, 0.1) is 6.54 Å². The van der Waals surface area contributed by atoms with E-state index >= 15 is 0 Å². The van der Waals surface area contributed by atoms with Crippen LogP contribution in [0.3, 0.4) is 0 Å². The molecule has 0 heterocycles. The number of anilines is 1. The first-order chi connectivity index (χ1) is 8.52. The molecule has 0 aliphatic heterocycles. The molecular weight excluding hydrogens is 226 g/mol. The molecule has 0 bridgehead atoms. The Morgan fingerprint density at radius 1 is 1.39 bits per heavy atom. The average molecular weight is 249 g/mol. The van der Waals surface area contributed by atoms with Crippen molar-refractivity contribution in [3.63, 3.8) is 0 Å². The van der Waals surface area contributed by atoms with Crippen LogP contribution in [-0.4, -0.2) is 37.0 Å². The number of amides is 1. The fraction of sp³-hybridized carbons (Fsp3) is 0.500. The Kier molecular flexibility index (Phi) is 5.82. The van der Waals surface area contributed by atoms with Crippen LogP contribution in [0.1, 0.15) is 18.9 Å². The number of carbonyl (C=O) groups is 1. The molecule has 3 N–H and O–H groups in total. The van der Waals surface area contributed by atoms with E-state index in [2.05, 4.69) is 12.2 Å². The molecule has 100 valence electrons. The Morgan fingerprint density at radius 2 is 2.00 bits per heavy atom. The zero-order chi connectivity index (χ0) is 13.5. The molecule has 4 nitrogen and oxygen atoms in total. The van der Waals surface area contributed by atoms with Crippen molar-refractivity contribution in [1.82, 2.24) is 4.90 Å². The van der Waals surface area contributed by atoms with Crippen molar-refractivity contribution in [3.05, 3.63) is 29.8 Å². The summed E-state index contributed by atoms with van der Waals surface area (Å²) < 4.78 is 0. The molecule has 1 amide bonds. The van der Waals surface area contributed by atoms with Gasteiger partial charge in [0.1, 0.15) is 0 Å². The van der Waals surface area contributed by atoms with Gasteiger partial charge in [-0.3, -0.25) is 9.69 Å². The number of nitrogens with two attached hydrogens (primary N) is 1. The van der Waals surface area contributed by atoms with Gasteiger partial charge in [-0.2, -0.15) is 0 Å². The first-order valence-corrected chi connectivity index (χ1v) is 6.29. The lowest BCUT2D eigenvalue weighted by molar-refractivity contribution is -0.117. The number of rotatable bonds is 6. The normalized spacial score (nSPS) is 12.5. The van der Waals surface area contributed by atoms with Gasteiger partial charge in [0.15, 0.2) is 0 Å². The number of nitrogens with one attached hydrogen (secondary N) is 1. The summed E-state index contributed by atoms with van der Waals surface area (Å²) in [7, 11) is 1.94. The van der Waals surface area contributed by atoms with Crippen LogP contribution in [0.25, 0.3) is 0 Å². The van der Waals surface area contributed by atoms with Crippen LogP contribution >= 0.6 is 0 Å². The molecule has 1 atom stereocenters. The highest BCUT2D eigenvalue weighted by molar-refractivity contribution is 5.92. The highest BCUT2D eigenvalue weighted by Crippen LogP contribution is 2.08. The van der Waals surface area contributed by atoms with Gasteiger partial charge in [-0.05, 0) is 46.0 Å². The molecule has 0 aliphatic carbocycles. The quantitative estimate of drug-likeness (QED) is 0.805. The van der Waals surface area contributed by atoms with Crippen molar-refractivity contribution in [2.45, 2.75) is 26.3 Å². The fourth-order valence-corrected chi connectivity index (χ4v) is 1.68. The maximum atomic E-state index is 11.8. The fourth-order valence-electron chi connectivity index (χ4n) is 1.68. The molecular formula is C14H23N3O. The van der Waals surface area contributed by atoms with E-state index in [4.69, 9.17) is 5.73 Å². The summed E-state index contributed by atoms with van der Waals surface area (Å²) in [6, 6.07) is 8.11. The summed E-state index contributed by atoms with van der Waals surface area (Å²) in [5.74, 6) is 0.00484. The number of aryl methyl sites for hydroxylation is 1. The van der Waals surface area contributed by atoms with E-state index < -0.39 is 0 Å². The van der Waals surface area contributed by atoms with Crippen LogP contribution in [-0.2, 0) is 4.79 Å². The number of benzene rings is 1. The lowest BCUT2D eigenvalue weighted by Crippen LogP contribution is -2.37. The number of nitrogens with zero attached hydrogens (tertiary/aromatic N) is 1. The monoisotopic (exact) mass is 249 g/mol. The molecule has 0 saturated heterocycles. The molecule has 0 radical (unpaired) electrons. The molecule has 0 saturated carbocycles. The van der Waals surface area contributed by atoms with Crippen molar-refractivity contribution in [3.8, 4) is 0 Å². The Bertz CT molecular complexity index is 375. The first kappa shape index (κ1) is 14.7. The predicted octanol–water partition coefficient (Wildman–Crippen LogP) is 1.60. The zero-order valence-electron chi connectivity index (χ0n) is 11.4. The van der Waals surface area contributed by atoms with Crippen LogP contribution < -0.4 is 11.1 Å². The number of likely N-dealkylation sites (N-methyl/N-ethyl adjacent to an activating group) is 1. The van der Waals surface area contributed by atoms with E-state index in [1.54, 1.807) is 0 Å². The van der Waals surface area contributed by atoms with E-state index in [0.29, 0.717) is 19.1 Å². The zero-order valence-corrected chi connectivity index (χ0v) is 11.4. The topological polar surface area (TPSA) is 58.4 Å². The highest BCUT2D eigenvalue weighted by atomic mass is 16.2. The summed E-state index contributed by atoms with van der Waals surface area (Å²) in [6.07, 6.45) is 0.897. The second kappa shape index (κ2) is 7.13. The molecule has 0 aromatic heterocycles. The molecule has 1 aromatic rings. The van der Waals surface area contributed by atoms with Gasteiger partial charge >= 0.3 is 0 Å². The van der Waals surface area contributed by atoms with Gasteiger partial charge in [-0.1, -0.05) is 17.7 Å². The van der Waals surface area contributed by atoms with E-state index in [-0.39, 0.29) is 5.91 Å². The van der Waals surface area contributed by atoms with Gasteiger partial charge in [-0.25, -0.2) is 0 Å². The Balaban J connectivity index is 2.44. The highest BCUT2D eigenvalue weighted by Gasteiger charge is 2.12. The predicted molar refractivity (Wildman–Crippen MR) is 75.6 cm³/mol. The summed E-state index contributed by atoms with van der Waals surface area (Å²) in [5, 5.41) is 2.89. The van der Waals surface area contributed by atoms with E-state index in [1.807, 2.05) is 43.1 Å². The molecule has 4 heteroatoms. The van der Waals surface area contributed by atoms with Crippen LogP contribution in [0.2, 0.25) is 0 Å². The van der Waals surface area contributed by atoms with E-state index in [0.717, 1.165) is 12.1 Å². The lowest BCUT2D eigenvalue weighted by atomic mass is 10.2. The Labute approximate surface area is 109 Å². The van der Waals surface area contributed by atoms with Crippen molar-refractivity contribution in [2.24, 2.45) is 5.73 Å². The average Bonchev–Trinajstić information content (AvgIpc) is 2.32. The second-order valence-corrected chi connectivity index (χ2v) is 4.76. The Morgan fingerprint density at radius 3 is 2.56 bits per heavy atom. The molecule has 1 rings (SSSR count). The van der Waals surface area contributed by atoms with Crippen molar-refractivity contribution in [2.75, 3.05) is 25.5 Å². The first-order valence-electron chi connectivity index (χ1n) is 6.29. The van der Waals surface area contributed by atoms with Crippen molar-refractivity contribution < 1.29 is 4.79 Å². The minimum Gasteiger partial charge on any atom is -0.330 e. The number of hydrogen-bond donors (Lipinski definition) is 2. The third-order valence-electron chi connectivity index (χ3n) is 3.07. The van der Waals surface area contributed by atoms with Gasteiger partial charge in [-0.15, -0.1) is 0 Å². The van der Waals surface area contributed by atoms with Crippen LogP contribution in [0.15, 0.2) is 24.3 Å². The van der Waals surface area contributed by atoms with Gasteiger partial charge in [0.2, 0.25) is 5.91 Å². The SMILES string of the molecule is Cc1ccc(NC(=O)CN(C)C(C)CCN)cc1. The van der Waals surface area contributed by atoms with E-state index in [9.17, 15) is 4.79 Å². The largest absolute Gasteiger partial charge is 0.330 e. The lowest BCUT2D eigenvalue weighted by Gasteiger charge is -2.23. The maximum absolute atomic E-state index is 11.8. The summed E-state index contributed by atoms with van der Waals surface area (Å²) in [5.41, 5.74) is 7.53. The third kappa shape index (κ3) is 4.85. The summed E-state index contributed by atoms with van der Waals surface area (Å²) >= 11 is 0. The van der Waals surface area contributed by atoms with Crippen LogP contribution in [0.4, 0.5) is 5.69 Å². The van der Waals surface area contributed by atoms with Crippen LogP contribution in [0.5, 0.6) is 0 Å². The molecule has 18 heavy (non-hydrogen) atoms. The maximum Gasteiger partial charge on any atom is 0.238 e.